The molecule has 1 aromatic rings. The molecular weight excluding hydrogens is 156 g/mol. The molecule has 0 amide bonds. The maximum Gasteiger partial charge on any atom is -0.0398 e. The molecule has 0 unspecified atom stereocenters. The summed E-state index contributed by atoms with van der Waals surface area (Å²) in [7, 11) is 0. The van der Waals surface area contributed by atoms with E-state index in [4.69, 9.17) is 0 Å². The van der Waals surface area contributed by atoms with Crippen LogP contribution in [0, 0.1) is 20.8 Å². The molecule has 0 aliphatic carbocycles. The molecule has 0 nitrogen and oxygen atoms in total. The van der Waals surface area contributed by atoms with E-state index in [9.17, 15) is 0 Å². The summed E-state index contributed by atoms with van der Waals surface area (Å²) >= 11 is 0. The maximum atomic E-state index is 2.18. The second kappa shape index (κ2) is 4.66. The van der Waals surface area contributed by atoms with Gasteiger partial charge in [0.25, 0.3) is 0 Å². The van der Waals surface area contributed by atoms with Crippen LogP contribution in [0.3, 0.4) is 0 Å². The van der Waals surface area contributed by atoms with E-state index in [2.05, 4.69) is 63.2 Å². The van der Waals surface area contributed by atoms with E-state index in [0.29, 0.717) is 0 Å². The van der Waals surface area contributed by atoms with E-state index in [1.165, 1.54) is 16.7 Å². The van der Waals surface area contributed by atoms with E-state index >= 15 is 0 Å². The van der Waals surface area contributed by atoms with Crippen molar-refractivity contribution in [2.75, 3.05) is 0 Å². The highest BCUT2D eigenvalue weighted by Gasteiger charge is 1.80. The number of aryl methyl sites for hydroxylation is 3. The first-order valence-corrected chi connectivity index (χ1v) is 4.57. The summed E-state index contributed by atoms with van der Waals surface area (Å²) in [6, 6.07) is 14.8. The average Bonchev–Trinajstić information content (AvgIpc) is 2.08. The molecule has 0 heteroatoms. The van der Waals surface area contributed by atoms with E-state index in [1.807, 2.05) is 0 Å². The van der Waals surface area contributed by atoms with Crippen LogP contribution in [0.5, 0.6) is 0 Å². The molecular formula is C13H16. The Bertz CT molecular complexity index is 336. The van der Waals surface area contributed by atoms with Gasteiger partial charge in [0.2, 0.25) is 0 Å². The van der Waals surface area contributed by atoms with Crippen LogP contribution >= 0.6 is 0 Å². The standard InChI is InChI=1S/C13H16/c1-11-6-4-5-7-12(2)10-13(3)9-8-11/h4-10H,1-3H3. The van der Waals surface area contributed by atoms with Crippen LogP contribution in [0.4, 0.5) is 0 Å². The van der Waals surface area contributed by atoms with Gasteiger partial charge in [-0.2, -0.15) is 0 Å². The van der Waals surface area contributed by atoms with Crippen molar-refractivity contribution in [1.82, 2.24) is 0 Å². The Hall–Kier alpha value is -1.30. The Balaban J connectivity index is 3.31. The minimum Gasteiger partial charge on any atom is -0.0620 e. The van der Waals surface area contributed by atoms with Gasteiger partial charge in [0.05, 0.1) is 0 Å². The molecule has 0 saturated heterocycles. The van der Waals surface area contributed by atoms with Gasteiger partial charge >= 0.3 is 0 Å². The fourth-order valence-electron chi connectivity index (χ4n) is 1.19. The Morgan fingerprint density at radius 2 is 1.08 bits per heavy atom. The molecule has 0 radical (unpaired) electrons. The quantitative estimate of drug-likeness (QED) is 0.559. The molecule has 0 aliphatic rings. The van der Waals surface area contributed by atoms with E-state index in [0.717, 1.165) is 0 Å². The summed E-state index contributed by atoms with van der Waals surface area (Å²) in [5.41, 5.74) is 3.85. The third-order valence-corrected chi connectivity index (χ3v) is 1.89. The van der Waals surface area contributed by atoms with Crippen molar-refractivity contribution in [2.24, 2.45) is 0 Å². The van der Waals surface area contributed by atoms with Crippen LogP contribution in [0.1, 0.15) is 16.7 Å². The van der Waals surface area contributed by atoms with Crippen molar-refractivity contribution >= 4 is 0 Å². The first kappa shape index (κ1) is 9.79. The number of hydrogen-bond donors (Lipinski definition) is 0. The third-order valence-electron chi connectivity index (χ3n) is 1.89. The van der Waals surface area contributed by atoms with Crippen LogP contribution in [0.25, 0.3) is 0 Å². The zero-order valence-corrected chi connectivity index (χ0v) is 8.54. The molecule has 0 spiro atoms. The molecule has 0 fully saturated rings. The highest BCUT2D eigenvalue weighted by molar-refractivity contribution is 5.19. The minimum atomic E-state index is 1.27. The molecule has 0 bridgehead atoms. The maximum absolute atomic E-state index is 2.18. The van der Waals surface area contributed by atoms with E-state index < -0.39 is 0 Å². The molecule has 68 valence electrons. The predicted octanol–water partition coefficient (Wildman–Crippen LogP) is 3.74. The van der Waals surface area contributed by atoms with E-state index in [1.54, 1.807) is 0 Å². The first-order chi connectivity index (χ1) is 6.18. The lowest BCUT2D eigenvalue weighted by molar-refractivity contribution is 1.39. The summed E-state index contributed by atoms with van der Waals surface area (Å²) in [4.78, 5) is 0. The second-order valence-corrected chi connectivity index (χ2v) is 3.43. The normalized spacial score (nSPS) is 9.15. The Kier molecular flexibility index (Phi) is 3.51. The van der Waals surface area contributed by atoms with Gasteiger partial charge in [0, 0.05) is 0 Å². The smallest absolute Gasteiger partial charge is 0.0398 e. The number of rotatable bonds is 0. The van der Waals surface area contributed by atoms with Gasteiger partial charge in [-0.05, 0) is 20.8 Å². The van der Waals surface area contributed by atoms with Gasteiger partial charge in [0.15, 0.2) is 0 Å². The average molecular weight is 172 g/mol. The largest absolute Gasteiger partial charge is 0.0620 e. The van der Waals surface area contributed by atoms with Crippen LogP contribution in [0.15, 0.2) is 42.5 Å². The van der Waals surface area contributed by atoms with Gasteiger partial charge in [-0.1, -0.05) is 59.2 Å². The van der Waals surface area contributed by atoms with Crippen LogP contribution < -0.4 is 0 Å². The molecule has 13 heavy (non-hydrogen) atoms. The molecule has 0 saturated carbocycles. The van der Waals surface area contributed by atoms with Gasteiger partial charge in [-0.15, -0.1) is 0 Å². The Labute approximate surface area is 80.6 Å². The zero-order valence-electron chi connectivity index (χ0n) is 8.54. The highest BCUT2D eigenvalue weighted by Crippen LogP contribution is 1.99. The summed E-state index contributed by atoms with van der Waals surface area (Å²) < 4.78 is 0. The summed E-state index contributed by atoms with van der Waals surface area (Å²) in [6.07, 6.45) is 0. The molecule has 0 atom stereocenters. The first-order valence-electron chi connectivity index (χ1n) is 4.57. The number of hydrogen-bond acceptors (Lipinski definition) is 0. The Morgan fingerprint density at radius 3 is 1.77 bits per heavy atom. The molecule has 0 aliphatic heterocycles. The molecule has 0 heterocycles. The SMILES string of the molecule is Cc1ccccc(C)cc(C)cc1. The van der Waals surface area contributed by atoms with Gasteiger partial charge in [0.1, 0.15) is 0 Å². The van der Waals surface area contributed by atoms with Crippen molar-refractivity contribution in [1.29, 1.82) is 0 Å². The van der Waals surface area contributed by atoms with Crippen LogP contribution in [-0.2, 0) is 0 Å². The molecule has 1 rings (SSSR count). The molecule has 0 N–H and O–H groups in total. The zero-order chi connectivity index (χ0) is 9.68. The van der Waals surface area contributed by atoms with E-state index in [-0.39, 0.29) is 0 Å². The van der Waals surface area contributed by atoms with Gasteiger partial charge in [-0.25, -0.2) is 0 Å². The lowest BCUT2D eigenvalue weighted by atomic mass is 10.2. The monoisotopic (exact) mass is 172 g/mol. The topological polar surface area (TPSA) is 0 Å². The fourth-order valence-corrected chi connectivity index (χ4v) is 1.19. The van der Waals surface area contributed by atoms with Crippen molar-refractivity contribution in [3.63, 3.8) is 0 Å². The lowest BCUT2D eigenvalue weighted by Gasteiger charge is -1.89. The highest BCUT2D eigenvalue weighted by atomic mass is 13.9. The van der Waals surface area contributed by atoms with Crippen molar-refractivity contribution in [2.45, 2.75) is 20.8 Å². The summed E-state index contributed by atoms with van der Waals surface area (Å²) in [5.74, 6) is 0. The lowest BCUT2D eigenvalue weighted by Crippen LogP contribution is -1.70. The van der Waals surface area contributed by atoms with Gasteiger partial charge < -0.3 is 0 Å². The summed E-state index contributed by atoms with van der Waals surface area (Å²) in [5, 5.41) is 0. The van der Waals surface area contributed by atoms with Crippen LogP contribution in [0.2, 0.25) is 0 Å². The van der Waals surface area contributed by atoms with Crippen LogP contribution in [-0.4, -0.2) is 0 Å². The van der Waals surface area contributed by atoms with Gasteiger partial charge in [-0.3, -0.25) is 0 Å². The van der Waals surface area contributed by atoms with Crippen molar-refractivity contribution in [3.8, 4) is 0 Å². The fraction of sp³-hybridized carbons (Fsp3) is 0.231. The minimum absolute atomic E-state index is 1.27. The molecule has 0 aromatic heterocycles. The molecule has 1 aromatic carbocycles. The Morgan fingerprint density at radius 1 is 0.615 bits per heavy atom. The third kappa shape index (κ3) is 3.75. The summed E-state index contributed by atoms with van der Waals surface area (Å²) in [6.45, 7) is 6.33. The van der Waals surface area contributed by atoms with Crippen molar-refractivity contribution in [3.05, 3.63) is 59.2 Å². The second-order valence-electron chi connectivity index (χ2n) is 3.43. The van der Waals surface area contributed by atoms with Crippen molar-refractivity contribution < 1.29 is 0 Å². The predicted molar refractivity (Wildman–Crippen MR) is 58.3 cm³/mol.